The summed E-state index contributed by atoms with van der Waals surface area (Å²) in [6, 6.07) is 0. The van der Waals surface area contributed by atoms with E-state index in [-0.39, 0.29) is 36.8 Å². The van der Waals surface area contributed by atoms with Crippen LogP contribution in [-0.4, -0.2) is 35.0 Å². The number of hydrogen-bond acceptors (Lipinski definition) is 3. The molecule has 0 bridgehead atoms. The number of fused-ring (bicyclic) bond motifs is 1. The summed E-state index contributed by atoms with van der Waals surface area (Å²) < 4.78 is 0. The summed E-state index contributed by atoms with van der Waals surface area (Å²) in [5.74, 6) is -0.690. The van der Waals surface area contributed by atoms with E-state index in [1.54, 1.807) is 0 Å². The zero-order chi connectivity index (χ0) is 10.1. The normalized spacial score (nSPS) is 31.1. The second kappa shape index (κ2) is 3.53. The van der Waals surface area contributed by atoms with Gasteiger partial charge >= 0.3 is 0 Å². The van der Waals surface area contributed by atoms with Gasteiger partial charge in [0.1, 0.15) is 0 Å². The first kappa shape index (κ1) is 9.40. The zero-order valence-corrected chi connectivity index (χ0v) is 7.85. The first-order valence-corrected chi connectivity index (χ1v) is 4.88. The first-order chi connectivity index (χ1) is 6.75. The molecule has 2 rings (SSSR count). The Kier molecular flexibility index (Phi) is 2.37. The predicted octanol–water partition coefficient (Wildman–Crippen LogP) is -0.0701. The van der Waals surface area contributed by atoms with Crippen LogP contribution in [0.5, 0.6) is 0 Å². The fraction of sp³-hybridized carbons (Fsp3) is 0.600. The number of aliphatic hydroxyl groups excluding tert-OH is 1. The van der Waals surface area contributed by atoms with Crippen LogP contribution in [0.3, 0.4) is 0 Å². The summed E-state index contributed by atoms with van der Waals surface area (Å²) >= 11 is 0. The maximum atomic E-state index is 11.7. The standard InChI is InChI=1S/C10H13NO3/c12-6-5-11-9(13)7-3-1-2-4-8(7)10(11)14/h1,3,7-8,12H,2,4-6H2. The molecule has 0 radical (unpaired) electrons. The molecule has 1 aliphatic heterocycles. The van der Waals surface area contributed by atoms with E-state index in [0.29, 0.717) is 0 Å². The molecule has 1 aliphatic carbocycles. The quantitative estimate of drug-likeness (QED) is 0.495. The maximum Gasteiger partial charge on any atom is 0.236 e. The number of carbonyl (C=O) groups is 2. The highest BCUT2D eigenvalue weighted by molar-refractivity contribution is 6.06. The molecule has 2 unspecified atom stereocenters. The van der Waals surface area contributed by atoms with Crippen molar-refractivity contribution in [2.45, 2.75) is 12.8 Å². The average Bonchev–Trinajstić information content (AvgIpc) is 2.45. The molecule has 1 fully saturated rings. The molecule has 0 aromatic carbocycles. The van der Waals surface area contributed by atoms with Gasteiger partial charge in [-0.05, 0) is 12.8 Å². The fourth-order valence-electron chi connectivity index (χ4n) is 2.17. The second-order valence-corrected chi connectivity index (χ2v) is 3.69. The van der Waals surface area contributed by atoms with E-state index in [9.17, 15) is 9.59 Å². The number of β-amino-alcohol motifs (C(OH)–C–C–N with tert-alkyl or cyclic N) is 1. The van der Waals surface area contributed by atoms with Crippen LogP contribution in [-0.2, 0) is 9.59 Å². The molecule has 0 aromatic heterocycles. The Hall–Kier alpha value is -1.16. The van der Waals surface area contributed by atoms with Crippen molar-refractivity contribution in [3.05, 3.63) is 12.2 Å². The molecule has 1 N–H and O–H groups in total. The molecule has 0 saturated carbocycles. The summed E-state index contributed by atoms with van der Waals surface area (Å²) in [5, 5.41) is 8.73. The Bertz CT molecular complexity index is 298. The van der Waals surface area contributed by atoms with Crippen molar-refractivity contribution in [1.29, 1.82) is 0 Å². The summed E-state index contributed by atoms with van der Waals surface area (Å²) in [4.78, 5) is 24.6. The van der Waals surface area contributed by atoms with Gasteiger partial charge in [-0.25, -0.2) is 0 Å². The van der Waals surface area contributed by atoms with E-state index in [4.69, 9.17) is 5.11 Å². The summed E-state index contributed by atoms with van der Waals surface area (Å²) in [7, 11) is 0. The lowest BCUT2D eigenvalue weighted by Crippen LogP contribution is -2.33. The van der Waals surface area contributed by atoms with Gasteiger partial charge in [-0.15, -0.1) is 0 Å². The minimum Gasteiger partial charge on any atom is -0.395 e. The van der Waals surface area contributed by atoms with Crippen molar-refractivity contribution in [2.24, 2.45) is 11.8 Å². The molecule has 2 amide bonds. The smallest absolute Gasteiger partial charge is 0.236 e. The molecule has 14 heavy (non-hydrogen) atoms. The minimum absolute atomic E-state index is 0.113. The summed E-state index contributed by atoms with van der Waals surface area (Å²) in [6.07, 6.45) is 5.40. The largest absolute Gasteiger partial charge is 0.395 e. The third kappa shape index (κ3) is 1.26. The lowest BCUT2D eigenvalue weighted by Gasteiger charge is -2.14. The lowest BCUT2D eigenvalue weighted by molar-refractivity contribution is -0.140. The van der Waals surface area contributed by atoms with E-state index in [2.05, 4.69) is 0 Å². The van der Waals surface area contributed by atoms with Gasteiger partial charge in [0, 0.05) is 0 Å². The highest BCUT2D eigenvalue weighted by atomic mass is 16.3. The van der Waals surface area contributed by atoms with Crippen LogP contribution in [0, 0.1) is 11.8 Å². The molecule has 1 saturated heterocycles. The average molecular weight is 195 g/mol. The van der Waals surface area contributed by atoms with Gasteiger partial charge in [0.15, 0.2) is 0 Å². The molecule has 4 nitrogen and oxygen atoms in total. The Labute approximate surface area is 82.2 Å². The molecule has 4 heteroatoms. The van der Waals surface area contributed by atoms with Crippen molar-refractivity contribution in [1.82, 2.24) is 4.90 Å². The van der Waals surface area contributed by atoms with Gasteiger partial charge in [-0.1, -0.05) is 12.2 Å². The van der Waals surface area contributed by atoms with Gasteiger partial charge < -0.3 is 5.11 Å². The van der Waals surface area contributed by atoms with Crippen molar-refractivity contribution < 1.29 is 14.7 Å². The lowest BCUT2D eigenvalue weighted by atomic mass is 9.86. The summed E-state index contributed by atoms with van der Waals surface area (Å²) in [5.41, 5.74) is 0. The summed E-state index contributed by atoms with van der Waals surface area (Å²) in [6.45, 7) is -0.0147. The monoisotopic (exact) mass is 195 g/mol. The van der Waals surface area contributed by atoms with Crippen molar-refractivity contribution in [2.75, 3.05) is 13.2 Å². The highest BCUT2D eigenvalue weighted by Gasteiger charge is 2.46. The molecule has 2 aliphatic rings. The second-order valence-electron chi connectivity index (χ2n) is 3.69. The van der Waals surface area contributed by atoms with Crippen LogP contribution >= 0.6 is 0 Å². The number of rotatable bonds is 2. The number of amides is 2. The SMILES string of the molecule is O=C1C2C=CCCC2C(=O)N1CCO. The van der Waals surface area contributed by atoms with E-state index in [1.807, 2.05) is 12.2 Å². The predicted molar refractivity (Wildman–Crippen MR) is 49.2 cm³/mol. The van der Waals surface area contributed by atoms with E-state index in [1.165, 1.54) is 4.90 Å². The van der Waals surface area contributed by atoms with E-state index in [0.717, 1.165) is 12.8 Å². The van der Waals surface area contributed by atoms with Crippen molar-refractivity contribution >= 4 is 11.8 Å². The number of likely N-dealkylation sites (tertiary alicyclic amines) is 1. The highest BCUT2D eigenvalue weighted by Crippen LogP contribution is 2.33. The molecular weight excluding hydrogens is 182 g/mol. The maximum absolute atomic E-state index is 11.7. The third-order valence-electron chi connectivity index (χ3n) is 2.88. The zero-order valence-electron chi connectivity index (χ0n) is 7.85. The van der Waals surface area contributed by atoms with E-state index < -0.39 is 0 Å². The number of nitrogens with zero attached hydrogens (tertiary/aromatic N) is 1. The van der Waals surface area contributed by atoms with Crippen molar-refractivity contribution in [3.63, 3.8) is 0 Å². The van der Waals surface area contributed by atoms with Gasteiger partial charge in [0.25, 0.3) is 0 Å². The van der Waals surface area contributed by atoms with Crippen molar-refractivity contribution in [3.8, 4) is 0 Å². The molecular formula is C10H13NO3. The molecule has 1 heterocycles. The van der Waals surface area contributed by atoms with Crippen LogP contribution in [0.2, 0.25) is 0 Å². The first-order valence-electron chi connectivity index (χ1n) is 4.88. The topological polar surface area (TPSA) is 57.6 Å². The third-order valence-corrected chi connectivity index (χ3v) is 2.88. The fourth-order valence-corrected chi connectivity index (χ4v) is 2.17. The van der Waals surface area contributed by atoms with E-state index >= 15 is 0 Å². The number of allylic oxidation sites excluding steroid dienone is 1. The van der Waals surface area contributed by atoms with Crippen LogP contribution < -0.4 is 0 Å². The number of imide groups is 1. The number of aliphatic hydroxyl groups is 1. The molecule has 76 valence electrons. The Morgan fingerprint density at radius 2 is 2.21 bits per heavy atom. The van der Waals surface area contributed by atoms with Crippen LogP contribution in [0.4, 0.5) is 0 Å². The van der Waals surface area contributed by atoms with Crippen LogP contribution in [0.15, 0.2) is 12.2 Å². The van der Waals surface area contributed by atoms with Gasteiger partial charge in [-0.3, -0.25) is 14.5 Å². The Balaban J connectivity index is 2.22. The van der Waals surface area contributed by atoms with Gasteiger partial charge in [-0.2, -0.15) is 0 Å². The van der Waals surface area contributed by atoms with Gasteiger partial charge in [0.05, 0.1) is 25.0 Å². The minimum atomic E-state index is -0.261. The molecule has 2 atom stereocenters. The number of hydrogen-bond donors (Lipinski definition) is 1. The number of carbonyl (C=O) groups excluding carboxylic acids is 2. The Morgan fingerprint density at radius 3 is 2.86 bits per heavy atom. The van der Waals surface area contributed by atoms with Crippen LogP contribution in [0.1, 0.15) is 12.8 Å². The Morgan fingerprint density at radius 1 is 1.43 bits per heavy atom. The molecule has 0 aromatic rings. The van der Waals surface area contributed by atoms with Crippen LogP contribution in [0.25, 0.3) is 0 Å². The molecule has 0 spiro atoms. The van der Waals surface area contributed by atoms with Gasteiger partial charge in [0.2, 0.25) is 11.8 Å².